The van der Waals surface area contributed by atoms with E-state index in [-0.39, 0.29) is 11.8 Å². The number of methoxy groups -OCH3 is 1. The van der Waals surface area contributed by atoms with E-state index in [1.807, 2.05) is 13.8 Å². The number of nitrogens with one attached hydrogen (secondary N) is 1. The van der Waals surface area contributed by atoms with Crippen molar-refractivity contribution in [1.29, 1.82) is 0 Å². The zero-order valence-corrected chi connectivity index (χ0v) is 12.0. The second-order valence-electron chi connectivity index (χ2n) is 4.69. The van der Waals surface area contributed by atoms with Gasteiger partial charge in [-0.15, -0.1) is 0 Å². The highest BCUT2D eigenvalue weighted by molar-refractivity contribution is 6.30. The van der Waals surface area contributed by atoms with Gasteiger partial charge < -0.3 is 10.1 Å². The summed E-state index contributed by atoms with van der Waals surface area (Å²) in [7, 11) is 1.31. The molecule has 19 heavy (non-hydrogen) atoms. The first kappa shape index (κ1) is 15.5. The standard InChI is InChI=1S/C14H18ClNO3/c1-9(2)8-12(14(18)19-3)16-13(17)10-4-6-11(15)7-5-10/h4-7,9,12H,8H2,1-3H3,(H,16,17). The minimum Gasteiger partial charge on any atom is -0.467 e. The van der Waals surface area contributed by atoms with Crippen LogP contribution in [0.25, 0.3) is 0 Å². The summed E-state index contributed by atoms with van der Waals surface area (Å²) < 4.78 is 4.69. The number of rotatable bonds is 5. The summed E-state index contributed by atoms with van der Waals surface area (Å²) in [6, 6.07) is 5.86. The summed E-state index contributed by atoms with van der Waals surface area (Å²) in [4.78, 5) is 23.6. The molecule has 1 atom stereocenters. The van der Waals surface area contributed by atoms with Crippen LogP contribution in [0.4, 0.5) is 0 Å². The van der Waals surface area contributed by atoms with Gasteiger partial charge in [0.05, 0.1) is 7.11 Å². The van der Waals surface area contributed by atoms with Gasteiger partial charge in [-0.25, -0.2) is 4.79 Å². The normalized spacial score (nSPS) is 12.1. The second kappa shape index (κ2) is 7.14. The number of hydrogen-bond acceptors (Lipinski definition) is 3. The number of esters is 1. The molecule has 1 aromatic carbocycles. The number of ether oxygens (including phenoxy) is 1. The minimum atomic E-state index is -0.631. The van der Waals surface area contributed by atoms with Gasteiger partial charge in [0, 0.05) is 10.6 Å². The average molecular weight is 284 g/mol. The second-order valence-corrected chi connectivity index (χ2v) is 5.12. The Morgan fingerprint density at radius 3 is 2.32 bits per heavy atom. The van der Waals surface area contributed by atoms with Crippen LogP contribution in [0.3, 0.4) is 0 Å². The van der Waals surface area contributed by atoms with Crippen LogP contribution in [0.15, 0.2) is 24.3 Å². The molecule has 0 bridgehead atoms. The topological polar surface area (TPSA) is 55.4 Å². The smallest absolute Gasteiger partial charge is 0.328 e. The van der Waals surface area contributed by atoms with Gasteiger partial charge >= 0.3 is 5.97 Å². The number of amides is 1. The van der Waals surface area contributed by atoms with E-state index in [2.05, 4.69) is 5.32 Å². The predicted octanol–water partition coefficient (Wildman–Crippen LogP) is 2.66. The lowest BCUT2D eigenvalue weighted by molar-refractivity contribution is -0.143. The van der Waals surface area contributed by atoms with Gasteiger partial charge in [0.2, 0.25) is 0 Å². The van der Waals surface area contributed by atoms with Crippen molar-refractivity contribution in [3.05, 3.63) is 34.9 Å². The lowest BCUT2D eigenvalue weighted by atomic mass is 10.0. The molecular weight excluding hydrogens is 266 g/mol. The number of benzene rings is 1. The van der Waals surface area contributed by atoms with Crippen LogP contribution in [0, 0.1) is 5.92 Å². The zero-order chi connectivity index (χ0) is 14.4. The van der Waals surface area contributed by atoms with Gasteiger partial charge in [-0.2, -0.15) is 0 Å². The van der Waals surface area contributed by atoms with E-state index in [1.165, 1.54) is 7.11 Å². The van der Waals surface area contributed by atoms with Crippen LogP contribution in [-0.4, -0.2) is 25.0 Å². The van der Waals surface area contributed by atoms with Crippen molar-refractivity contribution in [2.45, 2.75) is 26.3 Å². The van der Waals surface area contributed by atoms with Crippen LogP contribution < -0.4 is 5.32 Å². The molecule has 0 aliphatic carbocycles. The van der Waals surface area contributed by atoms with Crippen LogP contribution in [0.5, 0.6) is 0 Å². The lowest BCUT2D eigenvalue weighted by Crippen LogP contribution is -2.42. The summed E-state index contributed by atoms with van der Waals surface area (Å²) >= 11 is 5.76. The molecule has 104 valence electrons. The quantitative estimate of drug-likeness (QED) is 0.845. The number of hydrogen-bond donors (Lipinski definition) is 1. The molecule has 0 aliphatic rings. The Labute approximate surface area is 118 Å². The predicted molar refractivity (Wildman–Crippen MR) is 74.2 cm³/mol. The first-order valence-electron chi connectivity index (χ1n) is 6.08. The fourth-order valence-electron chi connectivity index (χ4n) is 1.67. The Balaban J connectivity index is 2.75. The Kier molecular flexibility index (Phi) is 5.83. The Morgan fingerprint density at radius 1 is 1.26 bits per heavy atom. The van der Waals surface area contributed by atoms with Crippen LogP contribution in [0.1, 0.15) is 30.6 Å². The molecular formula is C14H18ClNO3. The number of carbonyl (C=O) groups excluding carboxylic acids is 2. The van der Waals surface area contributed by atoms with Crippen molar-refractivity contribution < 1.29 is 14.3 Å². The first-order chi connectivity index (χ1) is 8.93. The molecule has 5 heteroatoms. The molecule has 1 N–H and O–H groups in total. The van der Waals surface area contributed by atoms with Crippen LogP contribution in [-0.2, 0) is 9.53 Å². The maximum Gasteiger partial charge on any atom is 0.328 e. The summed E-state index contributed by atoms with van der Waals surface area (Å²) in [6.07, 6.45) is 0.534. The third-order valence-electron chi connectivity index (χ3n) is 2.60. The van der Waals surface area contributed by atoms with Crippen LogP contribution in [0.2, 0.25) is 5.02 Å². The van der Waals surface area contributed by atoms with Crippen LogP contribution >= 0.6 is 11.6 Å². The third kappa shape index (κ3) is 4.91. The highest BCUT2D eigenvalue weighted by Gasteiger charge is 2.22. The molecule has 1 aromatic rings. The molecule has 1 unspecified atom stereocenters. The Bertz CT molecular complexity index is 443. The van der Waals surface area contributed by atoms with Crippen molar-refractivity contribution >= 4 is 23.5 Å². The molecule has 0 saturated carbocycles. The summed E-state index contributed by atoms with van der Waals surface area (Å²) in [5.41, 5.74) is 0.460. The lowest BCUT2D eigenvalue weighted by Gasteiger charge is -2.18. The van der Waals surface area contributed by atoms with Crippen molar-refractivity contribution in [2.24, 2.45) is 5.92 Å². The Morgan fingerprint density at radius 2 is 1.84 bits per heavy atom. The van der Waals surface area contributed by atoms with Gasteiger partial charge in [-0.1, -0.05) is 25.4 Å². The summed E-state index contributed by atoms with van der Waals surface area (Å²) in [5.74, 6) is -0.474. The van der Waals surface area contributed by atoms with Gasteiger partial charge in [0.15, 0.2) is 0 Å². The van der Waals surface area contributed by atoms with E-state index in [4.69, 9.17) is 16.3 Å². The largest absolute Gasteiger partial charge is 0.467 e. The highest BCUT2D eigenvalue weighted by atomic mass is 35.5. The minimum absolute atomic E-state index is 0.273. The van der Waals surface area contributed by atoms with Gasteiger partial charge in [-0.3, -0.25) is 4.79 Å². The molecule has 0 saturated heterocycles. The van der Waals surface area contributed by atoms with Gasteiger partial charge in [0.25, 0.3) is 5.91 Å². The van der Waals surface area contributed by atoms with Crippen molar-refractivity contribution in [1.82, 2.24) is 5.32 Å². The maximum atomic E-state index is 12.0. The Hall–Kier alpha value is -1.55. The molecule has 0 heterocycles. The van der Waals surface area contributed by atoms with E-state index in [9.17, 15) is 9.59 Å². The molecule has 1 rings (SSSR count). The van der Waals surface area contributed by atoms with Crippen molar-refractivity contribution in [3.63, 3.8) is 0 Å². The molecule has 1 amide bonds. The molecule has 0 spiro atoms. The molecule has 0 fully saturated rings. The SMILES string of the molecule is COC(=O)C(CC(C)C)NC(=O)c1ccc(Cl)cc1. The monoisotopic (exact) mass is 283 g/mol. The van der Waals surface area contributed by atoms with Gasteiger partial charge in [0.1, 0.15) is 6.04 Å². The fourth-order valence-corrected chi connectivity index (χ4v) is 1.80. The number of halogens is 1. The van der Waals surface area contributed by atoms with E-state index in [1.54, 1.807) is 24.3 Å². The van der Waals surface area contributed by atoms with E-state index >= 15 is 0 Å². The van der Waals surface area contributed by atoms with E-state index in [0.717, 1.165) is 0 Å². The number of carbonyl (C=O) groups is 2. The summed E-state index contributed by atoms with van der Waals surface area (Å²) in [6.45, 7) is 3.95. The molecule has 0 radical (unpaired) electrons. The molecule has 4 nitrogen and oxygen atoms in total. The third-order valence-corrected chi connectivity index (χ3v) is 2.86. The van der Waals surface area contributed by atoms with Crippen molar-refractivity contribution in [2.75, 3.05) is 7.11 Å². The fraction of sp³-hybridized carbons (Fsp3) is 0.429. The summed E-state index contributed by atoms with van der Waals surface area (Å²) in [5, 5.41) is 3.24. The average Bonchev–Trinajstić information content (AvgIpc) is 2.37. The van der Waals surface area contributed by atoms with Crippen molar-refractivity contribution in [3.8, 4) is 0 Å². The zero-order valence-electron chi connectivity index (χ0n) is 11.3. The van der Waals surface area contributed by atoms with E-state index in [0.29, 0.717) is 17.0 Å². The first-order valence-corrected chi connectivity index (χ1v) is 6.46. The molecule has 0 aliphatic heterocycles. The maximum absolute atomic E-state index is 12.0. The molecule has 0 aromatic heterocycles. The highest BCUT2D eigenvalue weighted by Crippen LogP contribution is 2.11. The van der Waals surface area contributed by atoms with Gasteiger partial charge in [-0.05, 0) is 36.6 Å². The van der Waals surface area contributed by atoms with E-state index < -0.39 is 12.0 Å².